The van der Waals surface area contributed by atoms with Gasteiger partial charge >= 0.3 is 12.1 Å². The van der Waals surface area contributed by atoms with Gasteiger partial charge in [-0.15, -0.1) is 5.10 Å². The number of aliphatic carboxylic acids is 1. The fraction of sp³-hybridized carbons (Fsp3) is 0.609. The van der Waals surface area contributed by atoms with Gasteiger partial charge in [0.25, 0.3) is 0 Å². The molecule has 0 radical (unpaired) electrons. The van der Waals surface area contributed by atoms with Crippen molar-refractivity contribution in [2.45, 2.75) is 57.3 Å². The number of pyridine rings is 1. The Hall–Kier alpha value is -3.17. The van der Waals surface area contributed by atoms with Gasteiger partial charge in [0.2, 0.25) is 0 Å². The second-order valence-corrected chi connectivity index (χ2v) is 9.39. The van der Waals surface area contributed by atoms with Crippen molar-refractivity contribution in [1.82, 2.24) is 24.9 Å². The molecule has 3 aliphatic rings. The van der Waals surface area contributed by atoms with Crippen LogP contribution >= 0.6 is 0 Å². The Morgan fingerprint density at radius 2 is 1.94 bits per heavy atom. The van der Waals surface area contributed by atoms with Gasteiger partial charge in [-0.2, -0.15) is 0 Å². The molecule has 1 N–H and O–H groups in total. The maximum absolute atomic E-state index is 12.5. The highest BCUT2D eigenvalue weighted by Crippen LogP contribution is 2.58. The SMILES string of the molecule is CN(C(=O)OCc1c(-c2ccc(OC3CC4C(C3)C4C(=O)O)cn2)nnn1C)C1CCCC1. The van der Waals surface area contributed by atoms with Gasteiger partial charge in [-0.3, -0.25) is 9.78 Å². The van der Waals surface area contributed by atoms with Gasteiger partial charge in [0, 0.05) is 20.1 Å². The van der Waals surface area contributed by atoms with E-state index in [9.17, 15) is 9.59 Å². The van der Waals surface area contributed by atoms with E-state index in [1.54, 1.807) is 29.9 Å². The van der Waals surface area contributed by atoms with Crippen molar-refractivity contribution in [3.63, 3.8) is 0 Å². The molecule has 2 unspecified atom stereocenters. The lowest BCUT2D eigenvalue weighted by Crippen LogP contribution is -2.35. The molecule has 10 nitrogen and oxygen atoms in total. The summed E-state index contributed by atoms with van der Waals surface area (Å²) < 4.78 is 13.2. The lowest BCUT2D eigenvalue weighted by Gasteiger charge is -2.23. The largest absolute Gasteiger partial charge is 0.489 e. The van der Waals surface area contributed by atoms with Crippen LogP contribution in [0.5, 0.6) is 5.75 Å². The van der Waals surface area contributed by atoms with E-state index in [0.29, 0.717) is 22.8 Å². The van der Waals surface area contributed by atoms with Crippen molar-refractivity contribution in [2.24, 2.45) is 24.8 Å². The van der Waals surface area contributed by atoms with Crippen LogP contribution in [-0.4, -0.2) is 61.2 Å². The van der Waals surface area contributed by atoms with Crippen molar-refractivity contribution >= 4 is 12.1 Å². The molecule has 0 saturated heterocycles. The molecule has 1 amide bonds. The summed E-state index contributed by atoms with van der Waals surface area (Å²) in [5, 5.41) is 17.4. The average molecular weight is 456 g/mol. The smallest absolute Gasteiger partial charge is 0.410 e. The minimum absolute atomic E-state index is 0.0339. The van der Waals surface area contributed by atoms with Crippen molar-refractivity contribution in [2.75, 3.05) is 7.05 Å². The summed E-state index contributed by atoms with van der Waals surface area (Å²) >= 11 is 0. The number of amides is 1. The minimum Gasteiger partial charge on any atom is -0.489 e. The summed E-state index contributed by atoms with van der Waals surface area (Å²) in [4.78, 5) is 29.8. The van der Waals surface area contributed by atoms with E-state index < -0.39 is 5.97 Å². The zero-order chi connectivity index (χ0) is 23.1. The van der Waals surface area contributed by atoms with Crippen molar-refractivity contribution < 1.29 is 24.2 Å². The number of rotatable bonds is 7. The van der Waals surface area contributed by atoms with Crippen LogP contribution in [0.4, 0.5) is 4.79 Å². The number of aryl methyl sites for hydroxylation is 1. The van der Waals surface area contributed by atoms with Crippen LogP contribution in [0.15, 0.2) is 18.3 Å². The fourth-order valence-electron chi connectivity index (χ4n) is 5.45. The van der Waals surface area contributed by atoms with Gasteiger partial charge in [0.05, 0.1) is 23.9 Å². The first kappa shape index (κ1) is 21.7. The van der Waals surface area contributed by atoms with Crippen LogP contribution in [0, 0.1) is 17.8 Å². The van der Waals surface area contributed by atoms with Gasteiger partial charge in [0.15, 0.2) is 0 Å². The number of carbonyl (C=O) groups is 2. The van der Waals surface area contributed by atoms with Gasteiger partial charge in [-0.05, 0) is 49.7 Å². The van der Waals surface area contributed by atoms with Crippen LogP contribution in [-0.2, 0) is 23.2 Å². The van der Waals surface area contributed by atoms with Crippen LogP contribution in [0.25, 0.3) is 11.4 Å². The molecule has 2 aromatic heterocycles. The Morgan fingerprint density at radius 1 is 1.21 bits per heavy atom. The molecule has 0 bridgehead atoms. The molecule has 2 aromatic rings. The topological polar surface area (TPSA) is 120 Å². The maximum atomic E-state index is 12.5. The zero-order valence-corrected chi connectivity index (χ0v) is 18.9. The molecule has 10 heteroatoms. The molecule has 0 aromatic carbocycles. The second kappa shape index (κ2) is 8.64. The first-order valence-electron chi connectivity index (χ1n) is 11.6. The molecule has 176 valence electrons. The Bertz CT molecular complexity index is 1020. The van der Waals surface area contributed by atoms with Gasteiger partial charge in [-0.25, -0.2) is 9.48 Å². The summed E-state index contributed by atoms with van der Waals surface area (Å²) in [6.45, 7) is 0.0598. The summed E-state index contributed by atoms with van der Waals surface area (Å²) in [5.41, 5.74) is 1.84. The van der Waals surface area contributed by atoms with E-state index in [1.165, 1.54) is 0 Å². The zero-order valence-electron chi connectivity index (χ0n) is 18.9. The highest BCUT2D eigenvalue weighted by Gasteiger charge is 2.60. The van der Waals surface area contributed by atoms with E-state index >= 15 is 0 Å². The number of carboxylic acid groups (broad SMARTS) is 1. The highest BCUT2D eigenvalue weighted by atomic mass is 16.6. The summed E-state index contributed by atoms with van der Waals surface area (Å²) in [6.07, 6.45) is 7.22. The predicted octanol–water partition coefficient (Wildman–Crippen LogP) is 2.88. The molecular formula is C23H29N5O5. The first-order chi connectivity index (χ1) is 15.9. The lowest BCUT2D eigenvalue weighted by molar-refractivity contribution is -0.139. The standard InChI is InChI=1S/C23H29N5O5/c1-27(13-5-3-4-6-13)23(31)32-12-19-21(25-26-28(19)2)18-8-7-14(11-24-18)33-15-9-16-17(10-15)20(16)22(29)30/h7-8,11,13,15-17,20H,3-6,9-10,12H2,1-2H3,(H,29,30). The summed E-state index contributed by atoms with van der Waals surface area (Å²) in [7, 11) is 3.55. The van der Waals surface area contributed by atoms with Crippen LogP contribution < -0.4 is 4.74 Å². The number of hydrogen-bond acceptors (Lipinski definition) is 7. The van der Waals surface area contributed by atoms with E-state index in [-0.39, 0.29) is 42.6 Å². The molecule has 3 fully saturated rings. The van der Waals surface area contributed by atoms with Gasteiger partial charge in [0.1, 0.15) is 23.7 Å². The van der Waals surface area contributed by atoms with Crippen molar-refractivity contribution in [3.8, 4) is 17.1 Å². The third kappa shape index (κ3) is 4.26. The van der Waals surface area contributed by atoms with E-state index in [1.807, 2.05) is 12.1 Å². The summed E-state index contributed by atoms with van der Waals surface area (Å²) in [5.74, 6) is 0.263. The second-order valence-electron chi connectivity index (χ2n) is 9.39. The molecule has 33 heavy (non-hydrogen) atoms. The Labute approximate surface area is 191 Å². The molecule has 3 aliphatic carbocycles. The number of hydrogen-bond donors (Lipinski definition) is 1. The van der Waals surface area contributed by atoms with Crippen LogP contribution in [0.3, 0.4) is 0 Å². The number of carboxylic acids is 1. The first-order valence-corrected chi connectivity index (χ1v) is 11.6. The Balaban J connectivity index is 1.19. The van der Waals surface area contributed by atoms with E-state index in [4.69, 9.17) is 14.6 Å². The predicted molar refractivity (Wildman–Crippen MR) is 116 cm³/mol. The van der Waals surface area contributed by atoms with Crippen LogP contribution in [0.2, 0.25) is 0 Å². The Kier molecular flexibility index (Phi) is 5.67. The fourth-order valence-corrected chi connectivity index (χ4v) is 5.45. The maximum Gasteiger partial charge on any atom is 0.410 e. The third-order valence-electron chi connectivity index (χ3n) is 7.40. The third-order valence-corrected chi connectivity index (χ3v) is 7.40. The number of aromatic nitrogens is 4. The molecule has 2 atom stereocenters. The Morgan fingerprint density at radius 3 is 2.58 bits per heavy atom. The molecule has 2 heterocycles. The molecule has 0 spiro atoms. The number of carbonyl (C=O) groups excluding carboxylic acids is 1. The number of nitrogens with zero attached hydrogens (tertiary/aromatic N) is 5. The molecule has 0 aliphatic heterocycles. The van der Waals surface area contributed by atoms with Crippen LogP contribution in [0.1, 0.15) is 44.2 Å². The number of ether oxygens (including phenoxy) is 2. The monoisotopic (exact) mass is 455 g/mol. The van der Waals surface area contributed by atoms with Crippen molar-refractivity contribution in [3.05, 3.63) is 24.0 Å². The average Bonchev–Trinajstić information content (AvgIpc) is 3.24. The number of fused-ring (bicyclic) bond motifs is 1. The normalized spacial score (nSPS) is 26.1. The molecule has 5 rings (SSSR count). The van der Waals surface area contributed by atoms with Crippen molar-refractivity contribution in [1.29, 1.82) is 0 Å². The van der Waals surface area contributed by atoms with Gasteiger partial charge in [-0.1, -0.05) is 18.1 Å². The molecule has 3 saturated carbocycles. The highest BCUT2D eigenvalue weighted by molar-refractivity contribution is 5.74. The van der Waals surface area contributed by atoms with Gasteiger partial charge < -0.3 is 19.5 Å². The summed E-state index contributed by atoms with van der Waals surface area (Å²) in [6, 6.07) is 3.89. The quantitative estimate of drug-likeness (QED) is 0.677. The molecular weight excluding hydrogens is 426 g/mol. The minimum atomic E-state index is -0.690. The lowest BCUT2D eigenvalue weighted by atomic mass is 10.1. The van der Waals surface area contributed by atoms with E-state index in [0.717, 1.165) is 38.5 Å². The van der Waals surface area contributed by atoms with E-state index in [2.05, 4.69) is 15.3 Å².